The lowest BCUT2D eigenvalue weighted by Crippen LogP contribution is -2.42. The maximum atomic E-state index is 12.3. The first-order chi connectivity index (χ1) is 8.97. The summed E-state index contributed by atoms with van der Waals surface area (Å²) in [6.45, 7) is 8.96. The molecule has 2 saturated heterocycles. The molecule has 0 unspecified atom stereocenters. The van der Waals surface area contributed by atoms with E-state index in [4.69, 9.17) is 12.2 Å². The van der Waals surface area contributed by atoms with Crippen molar-refractivity contribution in [3.05, 3.63) is 11.1 Å². The smallest absolute Gasteiger partial charge is 0.267 e. The van der Waals surface area contributed by atoms with E-state index in [1.165, 1.54) is 11.8 Å². The van der Waals surface area contributed by atoms with Crippen molar-refractivity contribution in [2.24, 2.45) is 5.92 Å². The number of piperazine rings is 1. The normalized spacial score (nSPS) is 24.1. The fourth-order valence-electron chi connectivity index (χ4n) is 2.13. The largest absolute Gasteiger partial charge is 0.374 e. The molecule has 0 aromatic rings. The fraction of sp³-hybridized carbons (Fsp3) is 0.692. The average Bonchev–Trinajstić information content (AvgIpc) is 2.60. The maximum absolute atomic E-state index is 12.3. The van der Waals surface area contributed by atoms with Crippen molar-refractivity contribution in [1.29, 1.82) is 0 Å². The molecule has 2 aliphatic heterocycles. The van der Waals surface area contributed by atoms with E-state index < -0.39 is 0 Å². The highest BCUT2D eigenvalue weighted by Gasteiger charge is 2.32. The Kier molecular flexibility index (Phi) is 4.86. The lowest BCUT2D eigenvalue weighted by atomic mass is 10.2. The lowest BCUT2D eigenvalue weighted by molar-refractivity contribution is -0.122. The molecular weight excluding hydrogens is 278 g/mol. The van der Waals surface area contributed by atoms with Crippen LogP contribution in [0.3, 0.4) is 0 Å². The number of likely N-dealkylation sites (N-methyl/N-ethyl adjacent to an activating group) is 1. The summed E-state index contributed by atoms with van der Waals surface area (Å²) in [6, 6.07) is 0. The quantitative estimate of drug-likeness (QED) is 0.583. The predicted octanol–water partition coefficient (Wildman–Crippen LogP) is 1.59. The summed E-state index contributed by atoms with van der Waals surface area (Å²) >= 11 is 6.73. The van der Waals surface area contributed by atoms with E-state index >= 15 is 0 Å². The molecule has 0 spiro atoms. The van der Waals surface area contributed by atoms with Crippen molar-refractivity contribution in [3.8, 4) is 0 Å². The van der Waals surface area contributed by atoms with Gasteiger partial charge in [-0.1, -0.05) is 37.8 Å². The van der Waals surface area contributed by atoms with Crippen LogP contribution >= 0.6 is 24.0 Å². The van der Waals surface area contributed by atoms with Gasteiger partial charge in [0.05, 0.1) is 4.91 Å². The summed E-state index contributed by atoms with van der Waals surface area (Å²) in [5, 5.41) is 0. The Morgan fingerprint density at radius 1 is 1.32 bits per heavy atom. The number of carbonyl (C=O) groups is 1. The van der Waals surface area contributed by atoms with E-state index in [0.29, 0.717) is 16.8 Å². The second-order valence-corrected chi connectivity index (χ2v) is 7.19. The van der Waals surface area contributed by atoms with Gasteiger partial charge in [-0.3, -0.25) is 9.69 Å². The monoisotopic (exact) mass is 299 g/mol. The summed E-state index contributed by atoms with van der Waals surface area (Å²) < 4.78 is 0.694. The topological polar surface area (TPSA) is 26.8 Å². The summed E-state index contributed by atoms with van der Waals surface area (Å²) in [5.74, 6) is 0.508. The molecule has 2 aliphatic rings. The van der Waals surface area contributed by atoms with Gasteiger partial charge in [-0.2, -0.15) is 0 Å². The van der Waals surface area contributed by atoms with Crippen molar-refractivity contribution >= 4 is 34.2 Å². The Bertz CT molecular complexity index is 401. The zero-order valence-electron chi connectivity index (χ0n) is 11.8. The molecule has 19 heavy (non-hydrogen) atoms. The van der Waals surface area contributed by atoms with Gasteiger partial charge in [0.15, 0.2) is 0 Å². The Morgan fingerprint density at radius 3 is 2.53 bits per heavy atom. The summed E-state index contributed by atoms with van der Waals surface area (Å²) in [4.78, 5) is 19.3. The number of carbonyl (C=O) groups excluding carboxylic acids is 1. The van der Waals surface area contributed by atoms with Crippen LogP contribution < -0.4 is 0 Å². The number of hydrogen-bond acceptors (Lipinski definition) is 5. The van der Waals surface area contributed by atoms with Gasteiger partial charge < -0.3 is 9.80 Å². The number of thioether (sulfide) groups is 1. The number of hydrogen-bond donors (Lipinski definition) is 0. The Hall–Kier alpha value is -0.590. The molecule has 4 nitrogen and oxygen atoms in total. The molecule has 0 N–H and O–H groups in total. The standard InChI is InChI=1S/C13H21N3OS2/c1-10(2)8-16-12(17)11(19-13(16)18)9-15-6-4-14(3)5-7-15/h9-10H,4-8H2,1-3H3. The molecule has 2 rings (SSSR count). The van der Waals surface area contributed by atoms with Gasteiger partial charge in [-0.15, -0.1) is 0 Å². The molecule has 0 aromatic carbocycles. The molecule has 0 bridgehead atoms. The van der Waals surface area contributed by atoms with Crippen molar-refractivity contribution in [3.63, 3.8) is 0 Å². The van der Waals surface area contributed by atoms with Gasteiger partial charge in [0.2, 0.25) is 0 Å². The van der Waals surface area contributed by atoms with Gasteiger partial charge in [-0.05, 0) is 13.0 Å². The lowest BCUT2D eigenvalue weighted by Gasteiger charge is -2.31. The Morgan fingerprint density at radius 2 is 1.95 bits per heavy atom. The highest BCUT2D eigenvalue weighted by atomic mass is 32.2. The van der Waals surface area contributed by atoms with Crippen LogP contribution in [0.2, 0.25) is 0 Å². The van der Waals surface area contributed by atoms with E-state index in [1.54, 1.807) is 4.90 Å². The van der Waals surface area contributed by atoms with Crippen LogP contribution in [0.15, 0.2) is 11.1 Å². The van der Waals surface area contributed by atoms with Crippen LogP contribution in [0.25, 0.3) is 0 Å². The fourth-order valence-corrected chi connectivity index (χ4v) is 3.41. The molecule has 2 fully saturated rings. The van der Waals surface area contributed by atoms with Crippen molar-refractivity contribution < 1.29 is 4.79 Å². The van der Waals surface area contributed by atoms with Gasteiger partial charge >= 0.3 is 0 Å². The number of nitrogens with zero attached hydrogens (tertiary/aromatic N) is 3. The first-order valence-electron chi connectivity index (χ1n) is 6.65. The van der Waals surface area contributed by atoms with Crippen LogP contribution in [0.5, 0.6) is 0 Å². The predicted molar refractivity (Wildman–Crippen MR) is 83.9 cm³/mol. The molecule has 0 atom stereocenters. The van der Waals surface area contributed by atoms with E-state index in [2.05, 4.69) is 30.7 Å². The van der Waals surface area contributed by atoms with Crippen molar-refractivity contribution in [1.82, 2.24) is 14.7 Å². The summed E-state index contributed by atoms with van der Waals surface area (Å²) in [6.07, 6.45) is 1.99. The molecule has 6 heteroatoms. The van der Waals surface area contributed by atoms with Gasteiger partial charge in [0.1, 0.15) is 4.32 Å². The molecular formula is C13H21N3OS2. The van der Waals surface area contributed by atoms with Gasteiger partial charge in [0, 0.05) is 38.9 Å². The zero-order valence-corrected chi connectivity index (χ0v) is 13.4. The number of thiocarbonyl (C=S) groups is 1. The minimum Gasteiger partial charge on any atom is -0.374 e. The molecule has 0 saturated carbocycles. The van der Waals surface area contributed by atoms with Crippen LogP contribution in [0.1, 0.15) is 13.8 Å². The second kappa shape index (κ2) is 6.24. The van der Waals surface area contributed by atoms with Crippen LogP contribution in [0.4, 0.5) is 0 Å². The molecule has 1 amide bonds. The van der Waals surface area contributed by atoms with Crippen LogP contribution in [0, 0.1) is 5.92 Å². The zero-order chi connectivity index (χ0) is 14.0. The van der Waals surface area contributed by atoms with E-state index in [-0.39, 0.29) is 5.91 Å². The first kappa shape index (κ1) is 14.8. The Balaban J connectivity index is 2.01. The van der Waals surface area contributed by atoms with Gasteiger partial charge in [-0.25, -0.2) is 0 Å². The summed E-state index contributed by atoms with van der Waals surface area (Å²) in [7, 11) is 2.12. The minimum atomic E-state index is 0.0719. The highest BCUT2D eigenvalue weighted by molar-refractivity contribution is 8.26. The van der Waals surface area contributed by atoms with Gasteiger partial charge in [0.25, 0.3) is 5.91 Å². The molecule has 0 aliphatic carbocycles. The minimum absolute atomic E-state index is 0.0719. The third-order valence-corrected chi connectivity index (χ3v) is 4.62. The molecule has 106 valence electrons. The number of rotatable bonds is 3. The average molecular weight is 299 g/mol. The first-order valence-corrected chi connectivity index (χ1v) is 7.88. The molecule has 0 aromatic heterocycles. The van der Waals surface area contributed by atoms with E-state index in [9.17, 15) is 4.79 Å². The highest BCUT2D eigenvalue weighted by Crippen LogP contribution is 2.31. The third kappa shape index (κ3) is 3.70. The number of amides is 1. The summed E-state index contributed by atoms with van der Waals surface area (Å²) in [5.41, 5.74) is 0. The SMILES string of the molecule is CC(C)CN1C(=O)C(=CN2CCN(C)CC2)SC1=S. The van der Waals surface area contributed by atoms with Crippen molar-refractivity contribution in [2.75, 3.05) is 39.8 Å². The molecule has 2 heterocycles. The van der Waals surface area contributed by atoms with Crippen LogP contribution in [-0.4, -0.2) is 64.7 Å². The van der Waals surface area contributed by atoms with E-state index in [0.717, 1.165) is 31.1 Å². The van der Waals surface area contributed by atoms with Crippen LogP contribution in [-0.2, 0) is 4.79 Å². The molecule has 0 radical (unpaired) electrons. The van der Waals surface area contributed by atoms with E-state index in [1.807, 2.05) is 6.20 Å². The maximum Gasteiger partial charge on any atom is 0.267 e. The second-order valence-electron chi connectivity index (χ2n) is 5.51. The third-order valence-electron chi connectivity index (χ3n) is 3.26. The Labute approximate surface area is 124 Å². The van der Waals surface area contributed by atoms with Crippen molar-refractivity contribution in [2.45, 2.75) is 13.8 Å².